The van der Waals surface area contributed by atoms with Gasteiger partial charge < -0.3 is 9.64 Å². The minimum absolute atomic E-state index is 0.0289. The predicted molar refractivity (Wildman–Crippen MR) is 134 cm³/mol. The number of hydrogen-bond acceptors (Lipinski definition) is 9. The zero-order valence-corrected chi connectivity index (χ0v) is 22.3. The molecule has 4 heterocycles. The van der Waals surface area contributed by atoms with Gasteiger partial charge in [-0.15, -0.1) is 0 Å². The summed E-state index contributed by atoms with van der Waals surface area (Å²) in [6, 6.07) is 1.77. The number of carbonyl (C=O) groups is 1. The summed E-state index contributed by atoms with van der Waals surface area (Å²) in [6.07, 6.45) is 4.43. The van der Waals surface area contributed by atoms with Crippen LogP contribution in [0.15, 0.2) is 18.6 Å². The molecule has 2 aromatic rings. The van der Waals surface area contributed by atoms with Crippen LogP contribution in [-0.4, -0.2) is 90.6 Å². The monoisotopic (exact) mass is 540 g/mol. The molecule has 5 rings (SSSR count). The van der Waals surface area contributed by atoms with E-state index in [0.29, 0.717) is 36.4 Å². The molecule has 2 aliphatic heterocycles. The van der Waals surface area contributed by atoms with Crippen LogP contribution >= 0.6 is 0 Å². The van der Waals surface area contributed by atoms with Gasteiger partial charge in [0.05, 0.1) is 22.4 Å². The van der Waals surface area contributed by atoms with Crippen molar-refractivity contribution in [1.29, 1.82) is 0 Å². The molecule has 198 valence electrons. The summed E-state index contributed by atoms with van der Waals surface area (Å²) in [6.45, 7) is 6.68. The van der Waals surface area contributed by atoms with Crippen LogP contribution in [0.5, 0.6) is 0 Å². The normalized spacial score (nSPS) is 23.9. The molecular weight excluding hydrogens is 508 g/mol. The van der Waals surface area contributed by atoms with Crippen LogP contribution in [0.4, 0.5) is 10.6 Å². The van der Waals surface area contributed by atoms with Crippen LogP contribution in [0, 0.1) is 5.92 Å². The summed E-state index contributed by atoms with van der Waals surface area (Å²) in [5.74, 6) is 0.603. The first kappa shape index (κ1) is 25.4. The van der Waals surface area contributed by atoms with Crippen molar-refractivity contribution in [2.24, 2.45) is 5.92 Å². The van der Waals surface area contributed by atoms with E-state index in [1.165, 1.54) is 15.2 Å². The smallest absolute Gasteiger partial charge is 0.420 e. The zero-order valence-electron chi connectivity index (χ0n) is 20.7. The van der Waals surface area contributed by atoms with Gasteiger partial charge in [-0.1, -0.05) is 0 Å². The second-order valence-electron chi connectivity index (χ2n) is 10.9. The molecule has 1 atom stereocenters. The molecule has 0 radical (unpaired) electrons. The Kier molecular flexibility index (Phi) is 6.09. The molecule has 1 unspecified atom stereocenters. The predicted octanol–water partition coefficient (Wildman–Crippen LogP) is 1.14. The van der Waals surface area contributed by atoms with E-state index >= 15 is 0 Å². The molecular formula is C22H32N6O6S2. The van der Waals surface area contributed by atoms with Crippen molar-refractivity contribution in [3.63, 3.8) is 0 Å². The Morgan fingerprint density at radius 3 is 2.64 bits per heavy atom. The average Bonchev–Trinajstić information content (AvgIpc) is 3.23. The van der Waals surface area contributed by atoms with Gasteiger partial charge in [-0.2, -0.15) is 12.7 Å². The highest BCUT2D eigenvalue weighted by Crippen LogP contribution is 2.46. The third-order valence-corrected chi connectivity index (χ3v) is 10.5. The Hall–Kier alpha value is -2.29. The maximum Gasteiger partial charge on any atom is 0.420 e. The molecule has 0 amide bonds. The molecule has 2 saturated heterocycles. The molecule has 1 spiro atoms. The lowest BCUT2D eigenvalue weighted by Gasteiger charge is -2.41. The summed E-state index contributed by atoms with van der Waals surface area (Å²) >= 11 is 0. The number of hydrogen-bond donors (Lipinski definition) is 1. The van der Waals surface area contributed by atoms with Crippen molar-refractivity contribution in [1.82, 2.24) is 23.6 Å². The fourth-order valence-corrected chi connectivity index (χ4v) is 8.59. The lowest BCUT2D eigenvalue weighted by Crippen LogP contribution is -2.60. The molecule has 3 fully saturated rings. The van der Waals surface area contributed by atoms with E-state index in [0.717, 1.165) is 12.8 Å². The minimum atomic E-state index is -3.76. The molecule has 0 bridgehead atoms. The van der Waals surface area contributed by atoms with E-state index in [1.807, 2.05) is 4.90 Å². The van der Waals surface area contributed by atoms with Crippen molar-refractivity contribution in [2.75, 3.05) is 42.6 Å². The van der Waals surface area contributed by atoms with Gasteiger partial charge in [-0.3, -0.25) is 0 Å². The van der Waals surface area contributed by atoms with Crippen molar-refractivity contribution in [2.45, 2.75) is 51.2 Å². The first-order chi connectivity index (χ1) is 16.8. The first-order valence-corrected chi connectivity index (χ1v) is 15.3. The Morgan fingerprint density at radius 1 is 1.25 bits per heavy atom. The molecule has 3 aliphatic rings. The quantitative estimate of drug-likeness (QED) is 0.590. The van der Waals surface area contributed by atoms with Gasteiger partial charge >= 0.3 is 6.09 Å². The highest BCUT2D eigenvalue weighted by Gasteiger charge is 2.56. The van der Waals surface area contributed by atoms with Gasteiger partial charge in [-0.05, 0) is 52.0 Å². The van der Waals surface area contributed by atoms with Crippen LogP contribution in [-0.2, 0) is 24.8 Å². The maximum absolute atomic E-state index is 13.2. The third kappa shape index (κ3) is 4.95. The van der Waals surface area contributed by atoms with Crippen LogP contribution in [0.3, 0.4) is 0 Å². The Bertz CT molecular complexity index is 1390. The second-order valence-corrected chi connectivity index (χ2v) is 14.8. The maximum atomic E-state index is 13.2. The van der Waals surface area contributed by atoms with E-state index in [4.69, 9.17) is 4.74 Å². The number of rotatable bonds is 5. The molecule has 36 heavy (non-hydrogen) atoms. The number of fused-ring (bicyclic) bond motifs is 1. The number of ether oxygens (including phenoxy) is 1. The number of aromatic nitrogens is 3. The first-order valence-electron chi connectivity index (χ1n) is 12.1. The standard InChI is InChI=1S/C22H32N6O6S2/c1-21(2,3)34-20(29)27-8-4-17-18(23-15-24-19(17)27)26-9-10-28(22(14-26)6-7-22)36(32,33)25-12-16-5-11-35(30,31)13-16/h4,8,15-16,25H,5-7,9-14H2,1-3H3. The summed E-state index contributed by atoms with van der Waals surface area (Å²) in [7, 11) is -6.83. The fraction of sp³-hybridized carbons (Fsp3) is 0.682. The molecule has 1 aliphatic carbocycles. The van der Waals surface area contributed by atoms with Crippen LogP contribution in [0.2, 0.25) is 0 Å². The van der Waals surface area contributed by atoms with E-state index in [1.54, 1.807) is 33.0 Å². The Morgan fingerprint density at radius 2 is 2.00 bits per heavy atom. The largest absolute Gasteiger partial charge is 0.443 e. The van der Waals surface area contributed by atoms with Gasteiger partial charge in [0.2, 0.25) is 0 Å². The summed E-state index contributed by atoms with van der Waals surface area (Å²) in [5, 5.41) is 0.691. The number of sulfone groups is 1. The van der Waals surface area contributed by atoms with Crippen molar-refractivity contribution in [3.8, 4) is 0 Å². The molecule has 1 N–H and O–H groups in total. The average molecular weight is 541 g/mol. The highest BCUT2D eigenvalue weighted by atomic mass is 32.2. The van der Waals surface area contributed by atoms with Gasteiger partial charge in [0.1, 0.15) is 17.7 Å². The summed E-state index contributed by atoms with van der Waals surface area (Å²) in [4.78, 5) is 23.4. The number of carbonyl (C=O) groups excluding carboxylic acids is 1. The van der Waals surface area contributed by atoms with Crippen LogP contribution in [0.1, 0.15) is 40.0 Å². The minimum Gasteiger partial charge on any atom is -0.443 e. The number of nitrogens with one attached hydrogen (secondary N) is 1. The van der Waals surface area contributed by atoms with Crippen LogP contribution < -0.4 is 9.62 Å². The zero-order chi connectivity index (χ0) is 25.9. The van der Waals surface area contributed by atoms with Crippen molar-refractivity contribution < 1.29 is 26.4 Å². The van der Waals surface area contributed by atoms with Gasteiger partial charge in [0.25, 0.3) is 10.2 Å². The highest BCUT2D eigenvalue weighted by molar-refractivity contribution is 7.91. The van der Waals surface area contributed by atoms with Crippen LogP contribution in [0.25, 0.3) is 11.0 Å². The number of nitrogens with zero attached hydrogens (tertiary/aromatic N) is 5. The van der Waals surface area contributed by atoms with E-state index in [9.17, 15) is 21.6 Å². The van der Waals surface area contributed by atoms with Crippen molar-refractivity contribution >= 4 is 43.0 Å². The Labute approximate surface area is 211 Å². The van der Waals surface area contributed by atoms with E-state index in [2.05, 4.69) is 14.7 Å². The van der Waals surface area contributed by atoms with Gasteiger partial charge in [0.15, 0.2) is 15.5 Å². The second kappa shape index (κ2) is 8.64. The molecule has 0 aromatic carbocycles. The third-order valence-electron chi connectivity index (χ3n) is 6.94. The van der Waals surface area contributed by atoms with Crippen molar-refractivity contribution in [3.05, 3.63) is 18.6 Å². The fourth-order valence-electron chi connectivity index (χ4n) is 5.05. The molecule has 1 saturated carbocycles. The van der Waals surface area contributed by atoms with E-state index < -0.39 is 37.3 Å². The topological polar surface area (TPSA) is 144 Å². The lowest BCUT2D eigenvalue weighted by molar-refractivity contribution is 0.0543. The number of piperazine rings is 1. The summed E-state index contributed by atoms with van der Waals surface area (Å²) < 4.78 is 60.8. The molecule has 2 aromatic heterocycles. The van der Waals surface area contributed by atoms with Gasteiger partial charge in [0, 0.05) is 32.4 Å². The molecule has 14 heteroatoms. The van der Waals surface area contributed by atoms with Gasteiger partial charge in [-0.25, -0.2) is 32.5 Å². The Balaban J connectivity index is 1.32. The molecule has 12 nitrogen and oxygen atoms in total. The SMILES string of the molecule is CC(C)(C)OC(=O)n1ccc2c(N3CCN(S(=O)(=O)NCC4CCS(=O)(=O)C4)C4(CC4)C3)ncnc21. The number of anilines is 1. The van der Waals surface area contributed by atoms with E-state index in [-0.39, 0.29) is 30.5 Å². The lowest BCUT2D eigenvalue weighted by atomic mass is 10.1. The summed E-state index contributed by atoms with van der Waals surface area (Å²) in [5.41, 5.74) is -0.747.